The van der Waals surface area contributed by atoms with Gasteiger partial charge in [-0.05, 0) is 96.0 Å². The van der Waals surface area contributed by atoms with Gasteiger partial charge < -0.3 is 28.5 Å². The maximum Gasteiger partial charge on any atom is 0.306 e. The molecule has 77 heavy (non-hydrogen) atoms. The molecule has 0 aromatic rings. The molecule has 3 atom stereocenters. The number of phosphoric ester groups is 1. The van der Waals surface area contributed by atoms with E-state index in [-0.39, 0.29) is 18.9 Å². The lowest BCUT2D eigenvalue weighted by molar-refractivity contribution is -0.870. The quantitative estimate of drug-likeness (QED) is 0.0212. The van der Waals surface area contributed by atoms with E-state index in [1.165, 1.54) is 128 Å². The van der Waals surface area contributed by atoms with E-state index in [4.69, 9.17) is 13.8 Å². The number of nitrogens with one attached hydrogen (secondary N) is 1. The highest BCUT2D eigenvalue weighted by molar-refractivity contribution is 7.45. The van der Waals surface area contributed by atoms with Crippen LogP contribution in [0.3, 0.4) is 0 Å². The van der Waals surface area contributed by atoms with Crippen LogP contribution < -0.4 is 10.2 Å². The summed E-state index contributed by atoms with van der Waals surface area (Å²) in [5.41, 5.74) is 0. The highest BCUT2D eigenvalue weighted by Gasteiger charge is 2.27. The van der Waals surface area contributed by atoms with Crippen LogP contribution in [-0.4, -0.2) is 69.4 Å². The summed E-state index contributed by atoms with van der Waals surface area (Å²) < 4.78 is 30.2. The van der Waals surface area contributed by atoms with Crippen LogP contribution in [0, 0.1) is 0 Å². The number of carbonyl (C=O) groups excluding carboxylic acids is 2. The van der Waals surface area contributed by atoms with Crippen molar-refractivity contribution in [1.29, 1.82) is 0 Å². The molecule has 0 aliphatic carbocycles. The van der Waals surface area contributed by atoms with Crippen molar-refractivity contribution >= 4 is 19.7 Å². The third kappa shape index (κ3) is 57.4. The highest BCUT2D eigenvalue weighted by atomic mass is 31.2. The number of hydrogen-bond acceptors (Lipinski definition) is 7. The van der Waals surface area contributed by atoms with Crippen LogP contribution in [0.15, 0.2) is 97.2 Å². The van der Waals surface area contributed by atoms with Gasteiger partial charge in [0.05, 0.1) is 33.8 Å². The molecule has 10 heteroatoms. The predicted molar refractivity (Wildman–Crippen MR) is 330 cm³/mol. The number of nitrogens with zero attached hydrogens (tertiary/aromatic N) is 1. The second-order valence-corrected chi connectivity index (χ2v) is 23.6. The highest BCUT2D eigenvalue weighted by Crippen LogP contribution is 2.38. The zero-order chi connectivity index (χ0) is 56.4. The molecule has 0 saturated carbocycles. The number of unbranched alkanes of at least 4 members (excludes halogenated alkanes) is 26. The molecule has 0 bridgehead atoms. The monoisotopic (exact) mass is 1090 g/mol. The Bertz CT molecular complexity index is 1640. The number of quaternary nitrogens is 1. The first kappa shape index (κ1) is 73.9. The molecule has 0 aromatic heterocycles. The van der Waals surface area contributed by atoms with Crippen LogP contribution in [-0.2, 0) is 27.9 Å². The van der Waals surface area contributed by atoms with Crippen LogP contribution in [0.4, 0.5) is 0 Å². The summed E-state index contributed by atoms with van der Waals surface area (Å²) in [5.74, 6) is -0.625. The van der Waals surface area contributed by atoms with E-state index in [1.807, 2.05) is 39.4 Å². The van der Waals surface area contributed by atoms with Gasteiger partial charge in [-0.2, -0.15) is 0 Å². The lowest BCUT2D eigenvalue weighted by Crippen LogP contribution is -2.47. The lowest BCUT2D eigenvalue weighted by Gasteiger charge is -2.30. The number of rotatable bonds is 56. The molecule has 0 aliphatic rings. The molecule has 0 radical (unpaired) electrons. The van der Waals surface area contributed by atoms with Gasteiger partial charge in [-0.15, -0.1) is 0 Å². The van der Waals surface area contributed by atoms with Gasteiger partial charge in [0.25, 0.3) is 7.82 Å². The number of hydrogen-bond donors (Lipinski definition) is 1. The fraction of sp³-hybridized carbons (Fsp3) is 0.731. The van der Waals surface area contributed by atoms with E-state index >= 15 is 0 Å². The predicted octanol–water partition coefficient (Wildman–Crippen LogP) is 18.9. The van der Waals surface area contributed by atoms with Gasteiger partial charge in [-0.1, -0.05) is 253 Å². The Labute approximate surface area is 475 Å². The smallest absolute Gasteiger partial charge is 0.306 e. The molecule has 0 fully saturated rings. The van der Waals surface area contributed by atoms with E-state index < -0.39 is 32.5 Å². The van der Waals surface area contributed by atoms with Crippen LogP contribution in [0.1, 0.15) is 265 Å². The average Bonchev–Trinajstić information content (AvgIpc) is 3.39. The number of ether oxygens (including phenoxy) is 1. The maximum absolute atomic E-state index is 13.5. The molecular weight excluding hydrogens is 976 g/mol. The molecule has 0 heterocycles. The van der Waals surface area contributed by atoms with Gasteiger partial charge in [0.2, 0.25) is 5.91 Å². The summed E-state index contributed by atoms with van der Waals surface area (Å²) in [5, 5.41) is 3.01. The van der Waals surface area contributed by atoms with Gasteiger partial charge in [0, 0.05) is 12.8 Å². The molecular formula is C67H119N2O7P. The van der Waals surface area contributed by atoms with Gasteiger partial charge in [-0.25, -0.2) is 0 Å². The lowest BCUT2D eigenvalue weighted by atomic mass is 10.0. The standard InChI is InChI=1S/C67H119N2O7P/c1-7-10-13-16-19-22-25-27-28-29-30-31-32-33-34-35-36-37-38-39-40-42-44-47-50-53-56-59-66(70)68-64(63-75-77(72,73)74-62-61-69(4,5)6)65(58-55-52-49-46-43-24-21-18-15-12-9-3)76-67(71)60-57-54-51-48-45-41-26-23-20-17-14-11-8-2/h10,13,19,22,27-28,30-31,33-34,41,45,51,54-55,58,64-65H,7-9,11-12,14-18,20-21,23-26,29,32,35-40,42-44,46-50,52-53,56-57,59-63H2,1-6H3,(H-,68,70,72,73)/b13-10-,22-19-,28-27-,31-30-,34-33-,45-41-,54-51+,58-55-. The van der Waals surface area contributed by atoms with Crippen molar-refractivity contribution in [3.63, 3.8) is 0 Å². The van der Waals surface area contributed by atoms with Crippen LogP contribution >= 0.6 is 7.82 Å². The number of esters is 1. The van der Waals surface area contributed by atoms with Crippen molar-refractivity contribution in [2.75, 3.05) is 40.9 Å². The minimum atomic E-state index is -4.71. The minimum absolute atomic E-state index is 0.0340. The number of allylic oxidation sites excluding steroid dienone is 15. The number of amides is 1. The van der Waals surface area contributed by atoms with E-state index in [0.717, 1.165) is 96.3 Å². The average molecular weight is 1100 g/mol. The largest absolute Gasteiger partial charge is 0.756 e. The Morgan fingerprint density at radius 3 is 1.27 bits per heavy atom. The van der Waals surface area contributed by atoms with Crippen molar-refractivity contribution in [3.8, 4) is 0 Å². The molecule has 3 unspecified atom stereocenters. The summed E-state index contributed by atoms with van der Waals surface area (Å²) in [7, 11) is 1.15. The Balaban J connectivity index is 5.10. The van der Waals surface area contributed by atoms with Gasteiger partial charge >= 0.3 is 5.97 Å². The van der Waals surface area contributed by atoms with Crippen molar-refractivity contribution in [2.45, 2.75) is 277 Å². The van der Waals surface area contributed by atoms with E-state index in [9.17, 15) is 19.0 Å². The van der Waals surface area contributed by atoms with Crippen LogP contribution in [0.25, 0.3) is 0 Å². The van der Waals surface area contributed by atoms with Gasteiger partial charge in [-0.3, -0.25) is 14.2 Å². The normalized spacial score (nSPS) is 14.3. The van der Waals surface area contributed by atoms with E-state index in [2.05, 4.69) is 105 Å². The zero-order valence-corrected chi connectivity index (χ0v) is 51.5. The maximum atomic E-state index is 13.5. The topological polar surface area (TPSA) is 114 Å². The fourth-order valence-corrected chi connectivity index (χ4v) is 9.38. The summed E-state index contributed by atoms with van der Waals surface area (Å²) in [6, 6.07) is -0.916. The molecule has 0 aromatic carbocycles. The van der Waals surface area contributed by atoms with Crippen LogP contribution in [0.5, 0.6) is 0 Å². The molecule has 0 rings (SSSR count). The Kier molecular flexibility index (Phi) is 54.0. The molecule has 9 nitrogen and oxygen atoms in total. The Morgan fingerprint density at radius 2 is 0.844 bits per heavy atom. The first-order valence-corrected chi connectivity index (χ1v) is 33.0. The molecule has 0 spiro atoms. The molecule has 444 valence electrons. The number of carbonyl (C=O) groups is 2. The number of likely N-dealkylation sites (N-methyl/N-ethyl adjacent to an activating group) is 1. The molecule has 1 amide bonds. The van der Waals surface area contributed by atoms with E-state index in [1.54, 1.807) is 0 Å². The second kappa shape index (κ2) is 56.2. The summed E-state index contributed by atoms with van der Waals surface area (Å²) in [6.45, 7) is 6.67. The Morgan fingerprint density at radius 1 is 0.468 bits per heavy atom. The third-order valence-electron chi connectivity index (χ3n) is 13.5. The van der Waals surface area contributed by atoms with Crippen molar-refractivity contribution in [1.82, 2.24) is 5.32 Å². The number of phosphoric acid groups is 1. The van der Waals surface area contributed by atoms with Gasteiger partial charge in [0.1, 0.15) is 19.3 Å². The fourth-order valence-electron chi connectivity index (χ4n) is 8.66. The first-order chi connectivity index (χ1) is 37.4. The van der Waals surface area contributed by atoms with Gasteiger partial charge in [0.15, 0.2) is 0 Å². The SMILES string of the molecule is CC/C=C\C/C=C\C/C=C\C/C=C\C/C=C\CCCCCCCCCCCCCC(=O)NC(COP(=O)([O-])OCC[N+](C)(C)C)C(/C=C\CCCCCCCCCCC)OC(=O)CC/C=C/C/C=C\CCCCCCCC. The van der Waals surface area contributed by atoms with Crippen molar-refractivity contribution in [3.05, 3.63) is 97.2 Å². The van der Waals surface area contributed by atoms with E-state index in [0.29, 0.717) is 23.9 Å². The molecule has 1 N–H and O–H groups in total. The summed E-state index contributed by atoms with van der Waals surface area (Å²) in [6.07, 6.45) is 75.4. The molecule has 0 saturated heterocycles. The van der Waals surface area contributed by atoms with Crippen LogP contribution in [0.2, 0.25) is 0 Å². The van der Waals surface area contributed by atoms with Crippen molar-refractivity contribution < 1.29 is 37.3 Å². The zero-order valence-electron chi connectivity index (χ0n) is 50.6. The Hall–Kier alpha value is -3.07. The third-order valence-corrected chi connectivity index (χ3v) is 14.5. The minimum Gasteiger partial charge on any atom is -0.756 e. The summed E-state index contributed by atoms with van der Waals surface area (Å²) in [4.78, 5) is 39.9. The van der Waals surface area contributed by atoms with Crippen molar-refractivity contribution in [2.24, 2.45) is 0 Å². The summed E-state index contributed by atoms with van der Waals surface area (Å²) >= 11 is 0. The second-order valence-electron chi connectivity index (χ2n) is 22.2. The molecule has 0 aliphatic heterocycles. The first-order valence-electron chi connectivity index (χ1n) is 31.5.